The van der Waals surface area contributed by atoms with E-state index < -0.39 is 89.2 Å². The summed E-state index contributed by atoms with van der Waals surface area (Å²) in [5.41, 5.74) is 3.96. The Bertz CT molecular complexity index is 1110. The normalized spacial score (nSPS) is 32.7. The van der Waals surface area contributed by atoms with Crippen LogP contribution in [0.4, 0.5) is 22.0 Å². The standard InChI is InChI=1S/C26H34F5N5O4/c1-23(2)16-12-36(18(19(33)37)25(16,23)15(11-32)10-14-4-3-9-34-20(14)38)21(39)17(35-22(40)26(29,30)31)13-5-7-24(27,28)8-6-13/h13-18H,3-10,12H2,1-2H3,(H2,33,37)(H,34,38)(H,35,40)/t14-,15+,16?,17-,18?,25?/m0/s1. The molecule has 14 heteroatoms. The molecule has 0 aromatic heterocycles. The highest BCUT2D eigenvalue weighted by Gasteiger charge is 2.83. The Balaban J connectivity index is 1.66. The number of primary amides is 1. The number of nitrogens with one attached hydrogen (secondary N) is 2. The van der Waals surface area contributed by atoms with E-state index >= 15 is 0 Å². The Morgan fingerprint density at radius 3 is 2.35 bits per heavy atom. The van der Waals surface area contributed by atoms with Crippen LogP contribution in [0.2, 0.25) is 0 Å². The van der Waals surface area contributed by atoms with Crippen molar-refractivity contribution >= 4 is 23.6 Å². The Hall–Kier alpha value is -2.98. The second kappa shape index (κ2) is 10.1. The Morgan fingerprint density at radius 2 is 1.82 bits per heavy atom. The predicted molar refractivity (Wildman–Crippen MR) is 129 cm³/mol. The molecule has 0 aromatic rings. The second-order valence-corrected chi connectivity index (χ2v) is 12.2. The number of amides is 4. The highest BCUT2D eigenvalue weighted by Crippen LogP contribution is 2.78. The number of carbonyl (C=O) groups is 4. The summed E-state index contributed by atoms with van der Waals surface area (Å²) >= 11 is 0. The molecule has 9 nitrogen and oxygen atoms in total. The van der Waals surface area contributed by atoms with Crippen LogP contribution in [-0.2, 0) is 19.2 Å². The molecule has 6 atom stereocenters. The number of hydrogen-bond acceptors (Lipinski definition) is 5. The number of likely N-dealkylation sites (tertiary alicyclic amines) is 1. The molecule has 2 aliphatic heterocycles. The van der Waals surface area contributed by atoms with Gasteiger partial charge in [-0.1, -0.05) is 13.8 Å². The fraction of sp³-hybridized carbons (Fsp3) is 0.808. The van der Waals surface area contributed by atoms with Crippen molar-refractivity contribution in [1.29, 1.82) is 5.26 Å². The van der Waals surface area contributed by atoms with Crippen molar-refractivity contribution in [3.63, 3.8) is 0 Å². The second-order valence-electron chi connectivity index (χ2n) is 12.2. The van der Waals surface area contributed by atoms with Crippen molar-refractivity contribution < 1.29 is 41.1 Å². The van der Waals surface area contributed by atoms with Gasteiger partial charge >= 0.3 is 12.1 Å². The van der Waals surface area contributed by atoms with Gasteiger partial charge in [-0.2, -0.15) is 18.4 Å². The van der Waals surface area contributed by atoms with E-state index in [2.05, 4.69) is 11.4 Å². The first-order chi connectivity index (χ1) is 18.5. The minimum Gasteiger partial charge on any atom is -0.368 e. The lowest BCUT2D eigenvalue weighted by Gasteiger charge is -2.40. The third-order valence-corrected chi connectivity index (χ3v) is 9.87. The number of alkyl halides is 5. The van der Waals surface area contributed by atoms with Crippen LogP contribution in [0.25, 0.3) is 0 Å². The van der Waals surface area contributed by atoms with E-state index in [0.717, 1.165) is 4.90 Å². The molecule has 4 amide bonds. The largest absolute Gasteiger partial charge is 0.471 e. The first-order valence-electron chi connectivity index (χ1n) is 13.5. The van der Waals surface area contributed by atoms with Gasteiger partial charge in [0.25, 0.3) is 0 Å². The monoisotopic (exact) mass is 575 g/mol. The average Bonchev–Trinajstić information content (AvgIpc) is 3.15. The molecule has 2 saturated heterocycles. The van der Waals surface area contributed by atoms with Crippen LogP contribution in [-0.4, -0.2) is 65.8 Å². The Morgan fingerprint density at radius 1 is 1.20 bits per heavy atom. The van der Waals surface area contributed by atoms with Crippen LogP contribution >= 0.6 is 0 Å². The first-order valence-corrected chi connectivity index (χ1v) is 13.5. The van der Waals surface area contributed by atoms with E-state index in [1.54, 1.807) is 5.32 Å². The van der Waals surface area contributed by atoms with Crippen LogP contribution in [0.15, 0.2) is 0 Å². The van der Waals surface area contributed by atoms with Gasteiger partial charge in [0.2, 0.25) is 23.6 Å². The summed E-state index contributed by atoms with van der Waals surface area (Å²) in [6, 6.07) is -0.987. The summed E-state index contributed by atoms with van der Waals surface area (Å²) in [6.07, 6.45) is -5.93. The first kappa shape index (κ1) is 30.0. The minimum absolute atomic E-state index is 0.111. The Kier molecular flexibility index (Phi) is 7.60. The van der Waals surface area contributed by atoms with Gasteiger partial charge < -0.3 is 21.3 Å². The summed E-state index contributed by atoms with van der Waals surface area (Å²) in [7, 11) is 0. The molecule has 0 radical (unpaired) electrons. The van der Waals surface area contributed by atoms with E-state index in [0.29, 0.717) is 19.4 Å². The molecule has 2 saturated carbocycles. The highest BCUT2D eigenvalue weighted by atomic mass is 19.4. The van der Waals surface area contributed by atoms with Crippen LogP contribution < -0.4 is 16.4 Å². The van der Waals surface area contributed by atoms with Crippen LogP contribution in [0.3, 0.4) is 0 Å². The van der Waals surface area contributed by atoms with Crippen molar-refractivity contribution in [3.8, 4) is 6.07 Å². The van der Waals surface area contributed by atoms with Gasteiger partial charge in [-0.05, 0) is 49.4 Å². The third kappa shape index (κ3) is 4.89. The molecule has 0 spiro atoms. The number of hydrogen-bond donors (Lipinski definition) is 3. The number of halogens is 5. The maximum absolute atomic E-state index is 13.9. The van der Waals surface area contributed by atoms with Crippen molar-refractivity contribution in [2.75, 3.05) is 13.1 Å². The lowest BCUT2D eigenvalue weighted by atomic mass is 9.72. The van der Waals surface area contributed by atoms with Crippen molar-refractivity contribution in [3.05, 3.63) is 0 Å². The van der Waals surface area contributed by atoms with E-state index in [-0.39, 0.29) is 31.7 Å². The number of fused-ring (bicyclic) bond motifs is 1. The van der Waals surface area contributed by atoms with Crippen molar-refractivity contribution in [2.24, 2.45) is 40.2 Å². The molecule has 0 aromatic carbocycles. The Labute approximate surface area is 228 Å². The van der Waals surface area contributed by atoms with E-state index in [1.165, 1.54) is 0 Å². The quantitative estimate of drug-likeness (QED) is 0.399. The number of carbonyl (C=O) groups excluding carboxylic acids is 4. The molecule has 4 N–H and O–H groups in total. The molecule has 222 valence electrons. The van der Waals surface area contributed by atoms with Crippen LogP contribution in [0, 0.1) is 45.8 Å². The third-order valence-electron chi connectivity index (χ3n) is 9.87. The van der Waals surface area contributed by atoms with Gasteiger partial charge in [-0.3, -0.25) is 19.2 Å². The zero-order valence-corrected chi connectivity index (χ0v) is 22.3. The minimum atomic E-state index is -5.33. The van der Waals surface area contributed by atoms with Crippen molar-refractivity contribution in [1.82, 2.24) is 15.5 Å². The molecule has 3 unspecified atom stereocenters. The predicted octanol–water partition coefficient (Wildman–Crippen LogP) is 2.25. The fourth-order valence-corrected chi connectivity index (χ4v) is 7.79. The summed E-state index contributed by atoms with van der Waals surface area (Å²) in [5, 5.41) is 14.7. The van der Waals surface area contributed by atoms with E-state index in [9.17, 15) is 46.4 Å². The molecule has 2 heterocycles. The molecular formula is C26H34F5N5O4. The molecule has 4 fully saturated rings. The smallest absolute Gasteiger partial charge is 0.368 e. The number of nitriles is 1. The summed E-state index contributed by atoms with van der Waals surface area (Å²) in [4.78, 5) is 52.2. The van der Waals surface area contributed by atoms with Gasteiger partial charge in [-0.15, -0.1) is 0 Å². The lowest BCUT2D eigenvalue weighted by Crippen LogP contribution is -2.61. The van der Waals surface area contributed by atoms with Gasteiger partial charge in [0.1, 0.15) is 12.1 Å². The molecule has 4 aliphatic rings. The summed E-state index contributed by atoms with van der Waals surface area (Å²) in [6.45, 7) is 4.02. The van der Waals surface area contributed by atoms with Gasteiger partial charge in [0.15, 0.2) is 0 Å². The van der Waals surface area contributed by atoms with Crippen LogP contribution in [0.5, 0.6) is 0 Å². The highest BCUT2D eigenvalue weighted by molar-refractivity contribution is 5.94. The molecule has 40 heavy (non-hydrogen) atoms. The molecular weight excluding hydrogens is 541 g/mol. The van der Waals surface area contributed by atoms with Gasteiger partial charge in [0.05, 0.1) is 12.0 Å². The zero-order valence-electron chi connectivity index (χ0n) is 22.3. The SMILES string of the molecule is CC1(C)C2CN(C(=O)[C@@H](NC(=O)C(F)(F)F)C3CCC(F)(F)CC3)C(C(N)=O)C21[C@@H](C#N)C[C@@H]1CCCNC1=O. The average molecular weight is 576 g/mol. The number of nitrogens with two attached hydrogens (primary N) is 1. The molecule has 0 bridgehead atoms. The summed E-state index contributed by atoms with van der Waals surface area (Å²) < 4.78 is 67.2. The van der Waals surface area contributed by atoms with Crippen LogP contribution in [0.1, 0.15) is 58.8 Å². The maximum Gasteiger partial charge on any atom is 0.471 e. The lowest BCUT2D eigenvalue weighted by molar-refractivity contribution is -0.176. The van der Waals surface area contributed by atoms with E-state index in [1.807, 2.05) is 13.8 Å². The van der Waals surface area contributed by atoms with Gasteiger partial charge in [0, 0.05) is 37.3 Å². The topological polar surface area (TPSA) is 145 Å². The zero-order chi connectivity index (χ0) is 29.8. The number of rotatable bonds is 7. The van der Waals surface area contributed by atoms with Crippen molar-refractivity contribution in [2.45, 2.75) is 83.0 Å². The fourth-order valence-electron chi connectivity index (χ4n) is 7.79. The molecule has 2 aliphatic carbocycles. The molecule has 4 rings (SSSR count). The summed E-state index contributed by atoms with van der Waals surface area (Å²) in [5.74, 6) is -10.5. The maximum atomic E-state index is 13.9. The van der Waals surface area contributed by atoms with E-state index in [4.69, 9.17) is 5.73 Å². The number of piperidine rings is 2. The number of nitrogens with zero attached hydrogens (tertiary/aromatic N) is 2. The van der Waals surface area contributed by atoms with Gasteiger partial charge in [-0.25, -0.2) is 8.78 Å².